The SMILES string of the molecule is CCn1c(COc2ccc(C(C)C)cc2)nnc1SCC(=O)N[C@@H](C)c1ccccc1. The highest BCUT2D eigenvalue weighted by Crippen LogP contribution is 2.21. The minimum Gasteiger partial charge on any atom is -0.486 e. The summed E-state index contributed by atoms with van der Waals surface area (Å²) in [5.74, 6) is 2.29. The molecule has 164 valence electrons. The van der Waals surface area contributed by atoms with E-state index < -0.39 is 0 Å². The van der Waals surface area contributed by atoms with Gasteiger partial charge in [0.25, 0.3) is 0 Å². The minimum atomic E-state index is -0.0376. The molecule has 3 aromatic rings. The molecule has 0 bridgehead atoms. The second-order valence-electron chi connectivity index (χ2n) is 7.64. The largest absolute Gasteiger partial charge is 0.486 e. The van der Waals surface area contributed by atoms with Crippen LogP contribution in [0.3, 0.4) is 0 Å². The molecule has 0 radical (unpaired) electrons. The molecule has 0 aliphatic carbocycles. The molecule has 0 aliphatic rings. The summed E-state index contributed by atoms with van der Waals surface area (Å²) in [6.45, 7) is 9.40. The van der Waals surface area contributed by atoms with E-state index in [2.05, 4.69) is 41.5 Å². The van der Waals surface area contributed by atoms with Gasteiger partial charge in [0.1, 0.15) is 12.4 Å². The summed E-state index contributed by atoms with van der Waals surface area (Å²) in [5.41, 5.74) is 2.36. The molecule has 1 amide bonds. The van der Waals surface area contributed by atoms with E-state index in [1.165, 1.54) is 17.3 Å². The molecule has 2 aromatic carbocycles. The number of thioether (sulfide) groups is 1. The van der Waals surface area contributed by atoms with Crippen molar-refractivity contribution in [2.24, 2.45) is 0 Å². The Hall–Kier alpha value is -2.80. The number of ether oxygens (including phenoxy) is 1. The quantitative estimate of drug-likeness (QED) is 0.453. The molecule has 3 rings (SSSR count). The number of nitrogens with zero attached hydrogens (tertiary/aromatic N) is 3. The highest BCUT2D eigenvalue weighted by atomic mass is 32.2. The zero-order chi connectivity index (χ0) is 22.2. The van der Waals surface area contributed by atoms with Crippen LogP contribution in [0.5, 0.6) is 5.75 Å². The lowest BCUT2D eigenvalue weighted by atomic mass is 10.0. The van der Waals surface area contributed by atoms with Gasteiger partial charge in [-0.05, 0) is 43.0 Å². The predicted octanol–water partition coefficient (Wildman–Crippen LogP) is 4.97. The van der Waals surface area contributed by atoms with Gasteiger partial charge in [-0.25, -0.2) is 0 Å². The van der Waals surface area contributed by atoms with E-state index >= 15 is 0 Å². The van der Waals surface area contributed by atoms with E-state index in [9.17, 15) is 4.79 Å². The van der Waals surface area contributed by atoms with Gasteiger partial charge >= 0.3 is 0 Å². The van der Waals surface area contributed by atoms with E-state index in [4.69, 9.17) is 4.74 Å². The Morgan fingerprint density at radius 3 is 2.39 bits per heavy atom. The summed E-state index contributed by atoms with van der Waals surface area (Å²) >= 11 is 1.39. The van der Waals surface area contributed by atoms with Crippen LogP contribution in [0.1, 0.15) is 56.6 Å². The van der Waals surface area contributed by atoms with Gasteiger partial charge in [0, 0.05) is 6.54 Å². The first-order valence-electron chi connectivity index (χ1n) is 10.6. The smallest absolute Gasteiger partial charge is 0.230 e. The number of rotatable bonds is 10. The zero-order valence-corrected chi connectivity index (χ0v) is 19.4. The number of benzene rings is 2. The van der Waals surface area contributed by atoms with Crippen LogP contribution in [0, 0.1) is 0 Å². The fourth-order valence-corrected chi connectivity index (χ4v) is 4.02. The fourth-order valence-electron chi connectivity index (χ4n) is 3.19. The van der Waals surface area contributed by atoms with Gasteiger partial charge in [-0.2, -0.15) is 0 Å². The molecule has 7 heteroatoms. The minimum absolute atomic E-state index is 0.0324. The maximum atomic E-state index is 12.4. The highest BCUT2D eigenvalue weighted by Gasteiger charge is 2.15. The van der Waals surface area contributed by atoms with Crippen molar-refractivity contribution in [3.05, 3.63) is 71.5 Å². The highest BCUT2D eigenvalue weighted by molar-refractivity contribution is 7.99. The van der Waals surface area contributed by atoms with Crippen LogP contribution >= 0.6 is 11.8 Å². The molecule has 1 heterocycles. The van der Waals surface area contributed by atoms with Crippen LogP contribution in [-0.4, -0.2) is 26.4 Å². The van der Waals surface area contributed by atoms with Gasteiger partial charge < -0.3 is 14.6 Å². The lowest BCUT2D eigenvalue weighted by Gasteiger charge is -2.14. The topological polar surface area (TPSA) is 69.0 Å². The Morgan fingerprint density at radius 2 is 1.74 bits per heavy atom. The second kappa shape index (κ2) is 11.0. The molecule has 0 spiro atoms. The number of hydrogen-bond acceptors (Lipinski definition) is 5. The normalized spacial score (nSPS) is 12.0. The molecule has 0 saturated carbocycles. The van der Waals surface area contributed by atoms with E-state index in [-0.39, 0.29) is 17.7 Å². The molecule has 0 fully saturated rings. The molecular formula is C24H30N4O2S. The maximum Gasteiger partial charge on any atom is 0.230 e. The third kappa shape index (κ3) is 6.34. The van der Waals surface area contributed by atoms with Crippen molar-refractivity contribution in [2.75, 3.05) is 5.75 Å². The summed E-state index contributed by atoms with van der Waals surface area (Å²) in [5, 5.41) is 12.3. The fraction of sp³-hybridized carbons (Fsp3) is 0.375. The average molecular weight is 439 g/mol. The molecule has 6 nitrogen and oxygen atoms in total. The van der Waals surface area contributed by atoms with Gasteiger partial charge in [0.05, 0.1) is 11.8 Å². The molecule has 0 aliphatic heterocycles. The van der Waals surface area contributed by atoms with Gasteiger partial charge in [-0.15, -0.1) is 10.2 Å². The van der Waals surface area contributed by atoms with Crippen LogP contribution in [-0.2, 0) is 17.9 Å². The van der Waals surface area contributed by atoms with Crippen molar-refractivity contribution in [2.45, 2.75) is 58.0 Å². The summed E-state index contributed by atoms with van der Waals surface area (Å²) in [7, 11) is 0. The predicted molar refractivity (Wildman–Crippen MR) is 124 cm³/mol. The number of aromatic nitrogens is 3. The van der Waals surface area contributed by atoms with E-state index in [1.54, 1.807) is 0 Å². The van der Waals surface area contributed by atoms with Crippen molar-refractivity contribution in [1.82, 2.24) is 20.1 Å². The zero-order valence-electron chi connectivity index (χ0n) is 18.5. The average Bonchev–Trinajstić information content (AvgIpc) is 3.18. The van der Waals surface area contributed by atoms with Gasteiger partial charge in [0.2, 0.25) is 5.91 Å². The van der Waals surface area contributed by atoms with Crippen molar-refractivity contribution in [3.63, 3.8) is 0 Å². The molecule has 0 unspecified atom stereocenters. The Kier molecular flexibility index (Phi) is 8.12. The number of carbonyl (C=O) groups excluding carboxylic acids is 1. The third-order valence-electron chi connectivity index (χ3n) is 5.03. The summed E-state index contributed by atoms with van der Waals surface area (Å²) in [6, 6.07) is 18.0. The number of nitrogens with one attached hydrogen (secondary N) is 1. The van der Waals surface area contributed by atoms with Gasteiger partial charge in [0.15, 0.2) is 11.0 Å². The number of carbonyl (C=O) groups is 1. The van der Waals surface area contributed by atoms with Crippen LogP contribution in [0.2, 0.25) is 0 Å². The Bertz CT molecular complexity index is 971. The van der Waals surface area contributed by atoms with Gasteiger partial charge in [-0.1, -0.05) is 68.1 Å². The third-order valence-corrected chi connectivity index (χ3v) is 6.00. The first-order chi connectivity index (χ1) is 15.0. The van der Waals surface area contributed by atoms with E-state index in [0.29, 0.717) is 19.1 Å². The molecule has 0 saturated heterocycles. The Balaban J connectivity index is 1.54. The first kappa shape index (κ1) is 22.9. The molecule has 1 aromatic heterocycles. The lowest BCUT2D eigenvalue weighted by Crippen LogP contribution is -2.28. The molecule has 1 atom stereocenters. The lowest BCUT2D eigenvalue weighted by molar-refractivity contribution is -0.119. The first-order valence-corrected chi connectivity index (χ1v) is 11.6. The van der Waals surface area contributed by atoms with Crippen molar-refractivity contribution >= 4 is 17.7 Å². The van der Waals surface area contributed by atoms with Crippen LogP contribution in [0.4, 0.5) is 0 Å². The monoisotopic (exact) mass is 438 g/mol. The number of amides is 1. The summed E-state index contributed by atoms with van der Waals surface area (Å²) < 4.78 is 7.89. The van der Waals surface area contributed by atoms with Crippen LogP contribution in [0.15, 0.2) is 59.8 Å². The molecule has 1 N–H and O–H groups in total. The van der Waals surface area contributed by atoms with E-state index in [1.807, 2.05) is 60.9 Å². The Labute approximate surface area is 188 Å². The second-order valence-corrected chi connectivity index (χ2v) is 8.59. The maximum absolute atomic E-state index is 12.4. The Morgan fingerprint density at radius 1 is 1.03 bits per heavy atom. The summed E-state index contributed by atoms with van der Waals surface area (Å²) in [6.07, 6.45) is 0. The van der Waals surface area contributed by atoms with Crippen LogP contribution in [0.25, 0.3) is 0 Å². The number of hydrogen-bond donors (Lipinski definition) is 1. The van der Waals surface area contributed by atoms with Crippen molar-refractivity contribution < 1.29 is 9.53 Å². The summed E-state index contributed by atoms with van der Waals surface area (Å²) in [4.78, 5) is 12.4. The van der Waals surface area contributed by atoms with E-state index in [0.717, 1.165) is 22.3 Å². The molecule has 31 heavy (non-hydrogen) atoms. The molecular weight excluding hydrogens is 408 g/mol. The van der Waals surface area contributed by atoms with Crippen LogP contribution < -0.4 is 10.1 Å². The standard InChI is InChI=1S/C24H30N4O2S/c1-5-28-22(15-30-21-13-11-19(12-14-21)17(2)3)26-27-24(28)31-16-23(29)25-18(4)20-9-7-6-8-10-20/h6-14,17-18H,5,15-16H2,1-4H3,(H,25,29)/t18-/m0/s1. The van der Waals surface area contributed by atoms with Crippen molar-refractivity contribution in [3.8, 4) is 5.75 Å². The van der Waals surface area contributed by atoms with Crippen molar-refractivity contribution in [1.29, 1.82) is 0 Å². The van der Waals surface area contributed by atoms with Gasteiger partial charge in [-0.3, -0.25) is 4.79 Å².